The quantitative estimate of drug-likeness (QED) is 0.549. The van der Waals surface area contributed by atoms with Crippen molar-refractivity contribution in [2.24, 2.45) is 0 Å². The van der Waals surface area contributed by atoms with Gasteiger partial charge in [-0.25, -0.2) is 0 Å². The molecule has 1 N–H and O–H groups in total. The summed E-state index contributed by atoms with van der Waals surface area (Å²) in [6, 6.07) is 13.3. The SMILES string of the molecule is O=C(O)CCCN1C(=O)C(=CC(=Cc2ccco2)c2ccccc2)SC1=S. The zero-order chi connectivity index (χ0) is 19.2. The highest BCUT2D eigenvalue weighted by atomic mass is 32.2. The zero-order valence-electron chi connectivity index (χ0n) is 14.3. The van der Waals surface area contributed by atoms with E-state index in [2.05, 4.69) is 0 Å². The summed E-state index contributed by atoms with van der Waals surface area (Å²) in [4.78, 5) is 25.4. The Bertz CT molecular complexity index is 901. The topological polar surface area (TPSA) is 70.8 Å². The van der Waals surface area contributed by atoms with E-state index in [1.165, 1.54) is 16.7 Å². The van der Waals surface area contributed by atoms with Crippen LogP contribution in [0.2, 0.25) is 0 Å². The number of benzene rings is 1. The maximum atomic E-state index is 12.7. The van der Waals surface area contributed by atoms with Gasteiger partial charge in [0.2, 0.25) is 0 Å². The normalized spacial score (nSPS) is 16.4. The average Bonchev–Trinajstić information content (AvgIpc) is 3.25. The van der Waals surface area contributed by atoms with Crippen molar-refractivity contribution in [3.63, 3.8) is 0 Å². The summed E-state index contributed by atoms with van der Waals surface area (Å²) in [7, 11) is 0. The smallest absolute Gasteiger partial charge is 0.303 e. The number of hydrogen-bond acceptors (Lipinski definition) is 5. The van der Waals surface area contributed by atoms with Gasteiger partial charge in [-0.2, -0.15) is 0 Å². The van der Waals surface area contributed by atoms with Crippen molar-refractivity contribution >= 4 is 51.8 Å². The number of carbonyl (C=O) groups excluding carboxylic acids is 1. The largest absolute Gasteiger partial charge is 0.481 e. The predicted molar refractivity (Wildman–Crippen MR) is 110 cm³/mol. The highest BCUT2D eigenvalue weighted by Gasteiger charge is 2.31. The number of aliphatic carboxylic acids is 1. The fraction of sp³-hybridized carbons (Fsp3) is 0.150. The van der Waals surface area contributed by atoms with Gasteiger partial charge in [0, 0.05) is 13.0 Å². The molecular weight excluding hydrogens is 382 g/mol. The Hall–Kier alpha value is -2.64. The zero-order valence-corrected chi connectivity index (χ0v) is 16.0. The molecule has 0 atom stereocenters. The fourth-order valence-electron chi connectivity index (χ4n) is 2.59. The maximum absolute atomic E-state index is 12.7. The lowest BCUT2D eigenvalue weighted by Gasteiger charge is -2.13. The molecule has 2 aromatic rings. The van der Waals surface area contributed by atoms with Crippen molar-refractivity contribution in [1.29, 1.82) is 0 Å². The number of furan rings is 1. The van der Waals surface area contributed by atoms with Crippen LogP contribution in [0.4, 0.5) is 0 Å². The fourth-order valence-corrected chi connectivity index (χ4v) is 3.89. The molecule has 0 saturated carbocycles. The number of rotatable bonds is 7. The molecule has 0 aliphatic carbocycles. The molecule has 27 heavy (non-hydrogen) atoms. The second kappa shape index (κ2) is 8.83. The minimum atomic E-state index is -0.885. The molecule has 7 heteroatoms. The van der Waals surface area contributed by atoms with Crippen LogP contribution in [0.15, 0.2) is 64.1 Å². The van der Waals surface area contributed by atoms with Crippen LogP contribution < -0.4 is 0 Å². The van der Waals surface area contributed by atoms with Crippen LogP contribution in [-0.4, -0.2) is 32.7 Å². The molecule has 1 saturated heterocycles. The Balaban J connectivity index is 1.86. The van der Waals surface area contributed by atoms with E-state index >= 15 is 0 Å². The molecule has 1 aliphatic rings. The third-order valence-corrected chi connectivity index (χ3v) is 5.26. The van der Waals surface area contributed by atoms with Gasteiger partial charge in [-0.05, 0) is 41.8 Å². The molecule has 2 heterocycles. The number of thioether (sulfide) groups is 1. The minimum absolute atomic E-state index is 0.00374. The first kappa shape index (κ1) is 19.1. The summed E-state index contributed by atoms with van der Waals surface area (Å²) in [5.74, 6) is -0.401. The van der Waals surface area contributed by atoms with Crippen LogP contribution >= 0.6 is 24.0 Å². The molecule has 0 bridgehead atoms. The highest BCUT2D eigenvalue weighted by molar-refractivity contribution is 8.26. The van der Waals surface area contributed by atoms with Crippen LogP contribution in [0.3, 0.4) is 0 Å². The standard InChI is InChI=1S/C20H17NO4S2/c22-18(23)9-4-10-21-19(24)17(27-20(21)26)13-15(12-16-8-5-11-25-16)14-6-2-1-3-7-14/h1-3,5-8,11-13H,4,9-10H2,(H,22,23). The van der Waals surface area contributed by atoms with Gasteiger partial charge in [0.25, 0.3) is 5.91 Å². The number of carboxylic acid groups (broad SMARTS) is 1. The molecular formula is C20H17NO4S2. The predicted octanol–water partition coefficient (Wildman–Crippen LogP) is 4.43. The molecule has 1 fully saturated rings. The van der Waals surface area contributed by atoms with E-state index in [9.17, 15) is 9.59 Å². The van der Waals surface area contributed by atoms with Crippen LogP contribution in [0.25, 0.3) is 11.6 Å². The molecule has 1 amide bonds. The molecule has 0 spiro atoms. The minimum Gasteiger partial charge on any atom is -0.481 e. The van der Waals surface area contributed by atoms with Gasteiger partial charge >= 0.3 is 5.97 Å². The Morgan fingerprint density at radius 1 is 1.22 bits per heavy atom. The van der Waals surface area contributed by atoms with E-state index in [0.717, 1.165) is 11.1 Å². The Kier molecular flexibility index (Phi) is 6.26. The molecule has 1 aromatic carbocycles. The van der Waals surface area contributed by atoms with E-state index in [-0.39, 0.29) is 12.3 Å². The van der Waals surface area contributed by atoms with Crippen molar-refractivity contribution in [3.05, 3.63) is 71.0 Å². The molecule has 138 valence electrons. The lowest BCUT2D eigenvalue weighted by molar-refractivity contribution is -0.137. The van der Waals surface area contributed by atoms with E-state index in [0.29, 0.717) is 28.0 Å². The molecule has 1 aromatic heterocycles. The van der Waals surface area contributed by atoms with Crippen LogP contribution in [-0.2, 0) is 9.59 Å². The van der Waals surface area contributed by atoms with E-state index < -0.39 is 5.97 Å². The lowest BCUT2D eigenvalue weighted by atomic mass is 10.0. The average molecular weight is 399 g/mol. The highest BCUT2D eigenvalue weighted by Crippen LogP contribution is 2.34. The van der Waals surface area contributed by atoms with Crippen LogP contribution in [0.5, 0.6) is 0 Å². The van der Waals surface area contributed by atoms with Crippen LogP contribution in [0, 0.1) is 0 Å². The summed E-state index contributed by atoms with van der Waals surface area (Å²) < 4.78 is 5.85. The molecule has 5 nitrogen and oxygen atoms in total. The van der Waals surface area contributed by atoms with Crippen molar-refractivity contribution in [1.82, 2.24) is 4.90 Å². The number of carbonyl (C=O) groups is 2. The van der Waals surface area contributed by atoms with Gasteiger partial charge in [-0.15, -0.1) is 0 Å². The number of amides is 1. The van der Waals surface area contributed by atoms with Gasteiger partial charge in [0.15, 0.2) is 0 Å². The third kappa shape index (κ3) is 4.96. The van der Waals surface area contributed by atoms with Gasteiger partial charge in [0.1, 0.15) is 10.1 Å². The molecule has 3 rings (SSSR count). The summed E-state index contributed by atoms with van der Waals surface area (Å²) in [5.41, 5.74) is 1.78. The summed E-state index contributed by atoms with van der Waals surface area (Å²) in [6.45, 7) is 0.302. The first-order valence-corrected chi connectivity index (χ1v) is 9.55. The monoisotopic (exact) mass is 399 g/mol. The van der Waals surface area contributed by atoms with Crippen molar-refractivity contribution < 1.29 is 19.1 Å². The number of nitrogens with zero attached hydrogens (tertiary/aromatic N) is 1. The number of hydrogen-bond donors (Lipinski definition) is 1. The number of thiocarbonyl (C=S) groups is 1. The van der Waals surface area contributed by atoms with Gasteiger partial charge in [-0.1, -0.05) is 54.3 Å². The van der Waals surface area contributed by atoms with Crippen molar-refractivity contribution in [3.8, 4) is 0 Å². The second-order valence-electron chi connectivity index (χ2n) is 5.81. The molecule has 0 radical (unpaired) electrons. The maximum Gasteiger partial charge on any atom is 0.303 e. The number of allylic oxidation sites excluding steroid dienone is 2. The third-order valence-electron chi connectivity index (χ3n) is 3.88. The van der Waals surface area contributed by atoms with Crippen molar-refractivity contribution in [2.75, 3.05) is 6.54 Å². The molecule has 0 unspecified atom stereocenters. The number of carboxylic acids is 1. The molecule has 1 aliphatic heterocycles. The van der Waals surface area contributed by atoms with E-state index in [4.69, 9.17) is 21.7 Å². The Morgan fingerprint density at radius 2 is 2.00 bits per heavy atom. The van der Waals surface area contributed by atoms with Crippen LogP contribution in [0.1, 0.15) is 24.2 Å². The Labute approximate surface area is 166 Å². The van der Waals surface area contributed by atoms with Gasteiger partial charge < -0.3 is 9.52 Å². The summed E-state index contributed by atoms with van der Waals surface area (Å²) in [5, 5.41) is 8.77. The summed E-state index contributed by atoms with van der Waals surface area (Å²) in [6.07, 6.45) is 5.63. The van der Waals surface area contributed by atoms with Crippen molar-refractivity contribution in [2.45, 2.75) is 12.8 Å². The summed E-state index contributed by atoms with van der Waals surface area (Å²) >= 11 is 6.53. The van der Waals surface area contributed by atoms with E-state index in [1.807, 2.05) is 42.5 Å². The van der Waals surface area contributed by atoms with Gasteiger partial charge in [0.05, 0.1) is 11.2 Å². The first-order chi connectivity index (χ1) is 13.0. The second-order valence-corrected chi connectivity index (χ2v) is 7.49. The lowest BCUT2D eigenvalue weighted by Crippen LogP contribution is -2.29. The first-order valence-electron chi connectivity index (χ1n) is 8.32. The van der Waals surface area contributed by atoms with E-state index in [1.54, 1.807) is 18.4 Å². The van der Waals surface area contributed by atoms with Gasteiger partial charge in [-0.3, -0.25) is 14.5 Å². The Morgan fingerprint density at radius 3 is 2.67 bits per heavy atom.